The molecule has 0 radical (unpaired) electrons. The number of thiazole rings is 1. The molecule has 0 spiro atoms. The monoisotopic (exact) mass is 325 g/mol. The average molecular weight is 326 g/mol. The third kappa shape index (κ3) is 3.23. The predicted octanol–water partition coefficient (Wildman–Crippen LogP) is 3.16. The number of nitrogens with zero attached hydrogens (tertiary/aromatic N) is 2. The first-order chi connectivity index (χ1) is 9.90. The first-order valence-electron chi connectivity index (χ1n) is 5.61. The molecule has 21 heavy (non-hydrogen) atoms. The largest absolute Gasteiger partial charge is 0.300 e. The number of carbonyl (C=O) groups is 2. The minimum absolute atomic E-state index is 0.129. The van der Waals surface area contributed by atoms with E-state index in [1.807, 2.05) is 0 Å². The van der Waals surface area contributed by atoms with Gasteiger partial charge in [0.05, 0.1) is 4.92 Å². The van der Waals surface area contributed by atoms with E-state index in [0.29, 0.717) is 0 Å². The number of anilines is 1. The van der Waals surface area contributed by atoms with Gasteiger partial charge in [0.2, 0.25) is 0 Å². The van der Waals surface area contributed by atoms with E-state index in [4.69, 9.17) is 11.6 Å². The average Bonchev–Trinajstić information content (AvgIpc) is 2.86. The Bertz CT molecular complexity index is 744. The molecule has 108 valence electrons. The summed E-state index contributed by atoms with van der Waals surface area (Å²) in [6.45, 7) is 1.35. The summed E-state index contributed by atoms with van der Waals surface area (Å²) < 4.78 is 0. The number of carbonyl (C=O) groups excluding carboxylic acids is 2. The molecule has 2 rings (SSSR count). The molecule has 1 aromatic heterocycles. The van der Waals surface area contributed by atoms with Gasteiger partial charge >= 0.3 is 5.69 Å². The van der Waals surface area contributed by atoms with Crippen molar-refractivity contribution in [2.75, 3.05) is 5.32 Å². The molecule has 0 aliphatic heterocycles. The smallest absolute Gasteiger partial charge is 0.298 e. The van der Waals surface area contributed by atoms with E-state index in [9.17, 15) is 19.7 Å². The normalized spacial score (nSPS) is 10.2. The van der Waals surface area contributed by atoms with E-state index in [1.165, 1.54) is 30.5 Å². The van der Waals surface area contributed by atoms with Crippen LogP contribution >= 0.6 is 22.9 Å². The van der Waals surface area contributed by atoms with Gasteiger partial charge in [-0.25, -0.2) is 4.98 Å². The van der Waals surface area contributed by atoms with E-state index < -0.39 is 16.5 Å². The summed E-state index contributed by atoms with van der Waals surface area (Å²) in [7, 11) is 0. The van der Waals surface area contributed by atoms with E-state index in [2.05, 4.69) is 10.3 Å². The Morgan fingerprint density at radius 3 is 2.71 bits per heavy atom. The van der Waals surface area contributed by atoms with Crippen LogP contribution in [0, 0.1) is 10.1 Å². The van der Waals surface area contributed by atoms with Crippen molar-refractivity contribution in [3.05, 3.63) is 50.0 Å². The van der Waals surface area contributed by atoms with Crippen molar-refractivity contribution in [1.29, 1.82) is 0 Å². The van der Waals surface area contributed by atoms with E-state index in [1.54, 1.807) is 0 Å². The summed E-state index contributed by atoms with van der Waals surface area (Å²) in [5.41, 5.74) is -0.428. The molecule has 1 amide bonds. The lowest BCUT2D eigenvalue weighted by Crippen LogP contribution is -2.14. The number of para-hydroxylation sites is 1. The number of ketones is 1. The minimum Gasteiger partial charge on any atom is -0.298 e. The van der Waals surface area contributed by atoms with Gasteiger partial charge in [0.25, 0.3) is 5.91 Å². The number of benzene rings is 1. The van der Waals surface area contributed by atoms with Gasteiger partial charge in [-0.1, -0.05) is 17.7 Å². The standard InChI is InChI=1S/C12H8ClN3O4S/c1-6(17)9-5-21-12(14-9)15-11(18)7-3-2-4-8(13)10(7)16(19)20/h2-5H,1H3,(H,14,15,18). The first-order valence-corrected chi connectivity index (χ1v) is 6.86. The topological polar surface area (TPSA) is 102 Å². The Kier molecular flexibility index (Phi) is 4.29. The highest BCUT2D eigenvalue weighted by Crippen LogP contribution is 2.29. The second-order valence-corrected chi connectivity index (χ2v) is 5.21. The molecule has 0 bridgehead atoms. The quantitative estimate of drug-likeness (QED) is 0.528. The van der Waals surface area contributed by atoms with Crippen LogP contribution in [0.3, 0.4) is 0 Å². The molecular weight excluding hydrogens is 318 g/mol. The number of amides is 1. The highest BCUT2D eigenvalue weighted by atomic mass is 35.5. The number of Topliss-reactive ketones (excluding diaryl/α,β-unsaturated/α-hetero) is 1. The molecule has 1 aromatic carbocycles. The van der Waals surface area contributed by atoms with Gasteiger partial charge in [0.15, 0.2) is 10.9 Å². The van der Waals surface area contributed by atoms with Crippen LogP contribution in [0.2, 0.25) is 5.02 Å². The van der Waals surface area contributed by atoms with Gasteiger partial charge < -0.3 is 0 Å². The van der Waals surface area contributed by atoms with Crippen molar-refractivity contribution in [3.8, 4) is 0 Å². The maximum absolute atomic E-state index is 12.1. The lowest BCUT2D eigenvalue weighted by Gasteiger charge is -2.04. The van der Waals surface area contributed by atoms with Gasteiger partial charge in [-0.05, 0) is 12.1 Å². The van der Waals surface area contributed by atoms with Crippen molar-refractivity contribution < 1.29 is 14.5 Å². The molecule has 1 heterocycles. The summed E-state index contributed by atoms with van der Waals surface area (Å²) in [4.78, 5) is 37.4. The van der Waals surface area contributed by atoms with Crippen LogP contribution in [0.25, 0.3) is 0 Å². The second kappa shape index (κ2) is 5.98. The Hall–Kier alpha value is -2.32. The fourth-order valence-corrected chi connectivity index (χ4v) is 2.53. The SMILES string of the molecule is CC(=O)c1csc(NC(=O)c2cccc(Cl)c2[N+](=O)[O-])n1. The number of rotatable bonds is 4. The number of hydrogen-bond acceptors (Lipinski definition) is 6. The van der Waals surface area contributed by atoms with Gasteiger partial charge in [0, 0.05) is 12.3 Å². The van der Waals surface area contributed by atoms with E-state index >= 15 is 0 Å². The molecule has 0 fully saturated rings. The Morgan fingerprint density at radius 1 is 1.43 bits per heavy atom. The molecule has 0 aliphatic rings. The molecule has 0 atom stereocenters. The van der Waals surface area contributed by atoms with Crippen LogP contribution in [0.4, 0.5) is 10.8 Å². The molecule has 0 unspecified atom stereocenters. The van der Waals surface area contributed by atoms with Crippen LogP contribution in [-0.4, -0.2) is 21.6 Å². The Balaban J connectivity index is 2.30. The third-order valence-corrected chi connectivity index (χ3v) is 3.56. The summed E-state index contributed by atoms with van der Waals surface area (Å²) in [6.07, 6.45) is 0. The number of nitrogens with one attached hydrogen (secondary N) is 1. The number of halogens is 1. The number of nitro groups is 1. The molecule has 7 nitrogen and oxygen atoms in total. The number of hydrogen-bond donors (Lipinski definition) is 1. The number of nitro benzene ring substituents is 1. The maximum atomic E-state index is 12.1. The fraction of sp³-hybridized carbons (Fsp3) is 0.0833. The lowest BCUT2D eigenvalue weighted by atomic mass is 10.1. The molecule has 0 saturated heterocycles. The summed E-state index contributed by atoms with van der Waals surface area (Å²) in [5, 5.41) is 14.9. The van der Waals surface area contributed by atoms with Crippen molar-refractivity contribution in [2.24, 2.45) is 0 Å². The zero-order chi connectivity index (χ0) is 15.6. The van der Waals surface area contributed by atoms with Crippen LogP contribution < -0.4 is 5.32 Å². The van der Waals surface area contributed by atoms with Gasteiger partial charge in [0.1, 0.15) is 16.3 Å². The highest BCUT2D eigenvalue weighted by Gasteiger charge is 2.24. The second-order valence-electron chi connectivity index (χ2n) is 3.94. The predicted molar refractivity (Wildman–Crippen MR) is 78.2 cm³/mol. The van der Waals surface area contributed by atoms with Crippen LogP contribution in [0.1, 0.15) is 27.8 Å². The third-order valence-electron chi connectivity index (χ3n) is 2.50. The van der Waals surface area contributed by atoms with Crippen molar-refractivity contribution in [3.63, 3.8) is 0 Å². The van der Waals surface area contributed by atoms with Crippen molar-refractivity contribution >= 4 is 45.4 Å². The Morgan fingerprint density at radius 2 is 2.14 bits per heavy atom. The number of aromatic nitrogens is 1. The Labute approximate surface area is 127 Å². The lowest BCUT2D eigenvalue weighted by molar-refractivity contribution is -0.385. The van der Waals surface area contributed by atoms with Crippen LogP contribution in [-0.2, 0) is 0 Å². The van der Waals surface area contributed by atoms with Gasteiger partial charge in [-0.15, -0.1) is 11.3 Å². The summed E-state index contributed by atoms with van der Waals surface area (Å²) >= 11 is 6.79. The summed E-state index contributed by atoms with van der Waals surface area (Å²) in [5.74, 6) is -0.950. The molecule has 0 saturated carbocycles. The van der Waals surface area contributed by atoms with Crippen molar-refractivity contribution in [2.45, 2.75) is 6.92 Å². The fourth-order valence-electron chi connectivity index (χ4n) is 1.54. The molecule has 1 N–H and O–H groups in total. The molecule has 9 heteroatoms. The zero-order valence-electron chi connectivity index (χ0n) is 10.6. The van der Waals surface area contributed by atoms with Crippen LogP contribution in [0.5, 0.6) is 0 Å². The van der Waals surface area contributed by atoms with E-state index in [-0.39, 0.29) is 27.2 Å². The molecular formula is C12H8ClN3O4S. The molecule has 2 aromatic rings. The maximum Gasteiger partial charge on any atom is 0.300 e. The van der Waals surface area contributed by atoms with Crippen molar-refractivity contribution in [1.82, 2.24) is 4.98 Å². The first kappa shape index (κ1) is 15.1. The minimum atomic E-state index is -0.722. The zero-order valence-corrected chi connectivity index (χ0v) is 12.2. The van der Waals surface area contributed by atoms with Crippen LogP contribution in [0.15, 0.2) is 23.6 Å². The highest BCUT2D eigenvalue weighted by molar-refractivity contribution is 7.14. The van der Waals surface area contributed by atoms with Gasteiger partial charge in [-0.2, -0.15) is 0 Å². The molecule has 0 aliphatic carbocycles. The van der Waals surface area contributed by atoms with E-state index in [0.717, 1.165) is 11.3 Å². The summed E-state index contributed by atoms with van der Waals surface area (Å²) in [6, 6.07) is 4.06. The van der Waals surface area contributed by atoms with Gasteiger partial charge in [-0.3, -0.25) is 25.0 Å².